The first-order valence-corrected chi connectivity index (χ1v) is 7.13. The highest BCUT2D eigenvalue weighted by Crippen LogP contribution is 2.06. The Balaban J connectivity index is 1.75. The predicted molar refractivity (Wildman–Crippen MR) is 74.5 cm³/mol. The van der Waals surface area contributed by atoms with Gasteiger partial charge >= 0.3 is 0 Å². The highest BCUT2D eigenvalue weighted by atomic mass is 32.1. The Morgan fingerprint density at radius 1 is 1.05 bits per heavy atom. The number of rotatable bonds is 12. The molecule has 0 atom stereocenters. The average Bonchev–Trinajstić information content (AvgIpc) is 2.93. The Bertz CT molecular complexity index is 353. The average molecular weight is 285 g/mol. The number of hydrogen-bond donors (Lipinski definition) is 0. The lowest BCUT2D eigenvalue weighted by molar-refractivity contribution is 0.0166. The van der Waals surface area contributed by atoms with Crippen LogP contribution in [0.3, 0.4) is 0 Å². The summed E-state index contributed by atoms with van der Waals surface area (Å²) in [6, 6.07) is 2.11. The third-order valence-electron chi connectivity index (χ3n) is 2.26. The molecule has 1 aromatic heterocycles. The number of azide groups is 1. The maximum atomic E-state index is 8.03. The first kappa shape index (κ1) is 15.9. The van der Waals surface area contributed by atoms with E-state index in [0.717, 1.165) is 13.0 Å². The van der Waals surface area contributed by atoms with Crippen molar-refractivity contribution in [2.24, 2.45) is 5.11 Å². The van der Waals surface area contributed by atoms with Crippen LogP contribution >= 0.6 is 11.3 Å². The van der Waals surface area contributed by atoms with E-state index in [9.17, 15) is 0 Å². The molecular formula is C12H19N3O3S. The standard InChI is InChI=1S/C12H19N3O3S/c13-15-14-3-5-17-7-9-18-8-6-16-4-1-12-2-10-19-11-12/h2,10-11H,1,3-9H2. The van der Waals surface area contributed by atoms with Gasteiger partial charge in [0.25, 0.3) is 0 Å². The predicted octanol–water partition coefficient (Wildman–Crippen LogP) is 2.65. The summed E-state index contributed by atoms with van der Waals surface area (Å²) in [5.41, 5.74) is 9.35. The van der Waals surface area contributed by atoms with Crippen molar-refractivity contribution < 1.29 is 14.2 Å². The molecule has 0 spiro atoms. The molecule has 0 aliphatic rings. The van der Waals surface area contributed by atoms with Gasteiger partial charge in [-0.2, -0.15) is 11.3 Å². The van der Waals surface area contributed by atoms with Crippen molar-refractivity contribution >= 4 is 11.3 Å². The molecule has 0 amide bonds. The molecule has 0 N–H and O–H groups in total. The van der Waals surface area contributed by atoms with Crippen LogP contribution in [0.15, 0.2) is 21.9 Å². The zero-order chi connectivity index (χ0) is 13.6. The minimum Gasteiger partial charge on any atom is -0.379 e. The van der Waals surface area contributed by atoms with E-state index in [-0.39, 0.29) is 0 Å². The monoisotopic (exact) mass is 285 g/mol. The second-order valence-corrected chi connectivity index (χ2v) is 4.45. The van der Waals surface area contributed by atoms with Crippen LogP contribution < -0.4 is 0 Å². The van der Waals surface area contributed by atoms with Gasteiger partial charge in [0, 0.05) is 11.5 Å². The van der Waals surface area contributed by atoms with Crippen LogP contribution in [0.5, 0.6) is 0 Å². The number of ether oxygens (including phenoxy) is 3. The van der Waals surface area contributed by atoms with Crippen LogP contribution in [0, 0.1) is 0 Å². The van der Waals surface area contributed by atoms with Gasteiger partial charge in [0.05, 0.1) is 39.6 Å². The largest absolute Gasteiger partial charge is 0.379 e. The molecule has 1 heterocycles. The van der Waals surface area contributed by atoms with Gasteiger partial charge in [-0.05, 0) is 34.3 Å². The van der Waals surface area contributed by atoms with E-state index in [1.807, 2.05) is 0 Å². The van der Waals surface area contributed by atoms with E-state index >= 15 is 0 Å². The maximum Gasteiger partial charge on any atom is 0.0701 e. The van der Waals surface area contributed by atoms with Crippen molar-refractivity contribution in [2.45, 2.75) is 6.42 Å². The number of hydrogen-bond acceptors (Lipinski definition) is 5. The van der Waals surface area contributed by atoms with Crippen molar-refractivity contribution in [2.75, 3.05) is 46.2 Å². The zero-order valence-electron chi connectivity index (χ0n) is 10.9. The molecular weight excluding hydrogens is 266 g/mol. The van der Waals surface area contributed by atoms with Crippen LogP contribution in [-0.4, -0.2) is 46.2 Å². The minimum absolute atomic E-state index is 0.363. The summed E-state index contributed by atoms with van der Waals surface area (Å²) >= 11 is 1.70. The molecule has 0 radical (unpaired) electrons. The summed E-state index contributed by atoms with van der Waals surface area (Å²) in [4.78, 5) is 2.63. The van der Waals surface area contributed by atoms with Gasteiger partial charge in [0.1, 0.15) is 0 Å². The molecule has 0 aromatic carbocycles. The first-order chi connectivity index (χ1) is 9.43. The van der Waals surface area contributed by atoms with Gasteiger partial charge in [-0.15, -0.1) is 0 Å². The minimum atomic E-state index is 0.363. The van der Waals surface area contributed by atoms with Crippen LogP contribution in [0.2, 0.25) is 0 Å². The number of thiophene rings is 1. The molecule has 1 aromatic rings. The van der Waals surface area contributed by atoms with Crippen LogP contribution in [0.1, 0.15) is 5.56 Å². The van der Waals surface area contributed by atoms with Gasteiger partial charge in [-0.25, -0.2) is 0 Å². The fraction of sp³-hybridized carbons (Fsp3) is 0.667. The van der Waals surface area contributed by atoms with Gasteiger partial charge in [0.2, 0.25) is 0 Å². The molecule has 0 saturated carbocycles. The topological polar surface area (TPSA) is 76.5 Å². The lowest BCUT2D eigenvalue weighted by Crippen LogP contribution is -2.11. The normalized spacial score (nSPS) is 10.3. The Kier molecular flexibility index (Phi) is 10.0. The van der Waals surface area contributed by atoms with Gasteiger partial charge in [0.15, 0.2) is 0 Å². The van der Waals surface area contributed by atoms with Crippen LogP contribution in [0.4, 0.5) is 0 Å². The third-order valence-corrected chi connectivity index (χ3v) is 2.99. The SMILES string of the molecule is [N-]=[N+]=NCCOCCOCCOCCc1ccsc1. The molecule has 0 aliphatic heterocycles. The summed E-state index contributed by atoms with van der Waals surface area (Å²) in [5, 5.41) is 7.56. The Hall–Kier alpha value is -1.11. The molecule has 106 valence electrons. The third kappa shape index (κ3) is 9.47. The van der Waals surface area contributed by atoms with Gasteiger partial charge in [-0.1, -0.05) is 5.11 Å². The summed E-state index contributed by atoms with van der Waals surface area (Å²) in [5.74, 6) is 0. The van der Waals surface area contributed by atoms with E-state index in [0.29, 0.717) is 39.6 Å². The zero-order valence-corrected chi connectivity index (χ0v) is 11.7. The van der Waals surface area contributed by atoms with E-state index in [4.69, 9.17) is 19.7 Å². The van der Waals surface area contributed by atoms with E-state index in [1.54, 1.807) is 11.3 Å². The lowest BCUT2D eigenvalue weighted by Gasteiger charge is -2.05. The lowest BCUT2D eigenvalue weighted by atomic mass is 10.3. The molecule has 0 fully saturated rings. The molecule has 1 rings (SSSR count). The van der Waals surface area contributed by atoms with E-state index < -0.39 is 0 Å². The first-order valence-electron chi connectivity index (χ1n) is 6.18. The molecule has 19 heavy (non-hydrogen) atoms. The van der Waals surface area contributed by atoms with Crippen molar-refractivity contribution in [3.63, 3.8) is 0 Å². The second kappa shape index (κ2) is 12.0. The fourth-order valence-electron chi connectivity index (χ4n) is 1.32. The van der Waals surface area contributed by atoms with Crippen molar-refractivity contribution in [1.82, 2.24) is 0 Å². The van der Waals surface area contributed by atoms with E-state index in [2.05, 4.69) is 26.9 Å². The Morgan fingerprint density at radius 3 is 2.37 bits per heavy atom. The summed E-state index contributed by atoms with van der Waals surface area (Å²) in [6.45, 7) is 3.74. The van der Waals surface area contributed by atoms with Crippen LogP contribution in [0.25, 0.3) is 10.4 Å². The smallest absolute Gasteiger partial charge is 0.0701 e. The van der Waals surface area contributed by atoms with Gasteiger partial charge in [-0.3, -0.25) is 0 Å². The Morgan fingerprint density at radius 2 is 1.74 bits per heavy atom. The quantitative estimate of drug-likeness (QED) is 0.256. The summed E-state index contributed by atoms with van der Waals surface area (Å²) in [6.07, 6.45) is 0.950. The second-order valence-electron chi connectivity index (χ2n) is 3.67. The molecule has 0 aliphatic carbocycles. The van der Waals surface area contributed by atoms with Crippen LogP contribution in [-0.2, 0) is 20.6 Å². The van der Waals surface area contributed by atoms with Crippen molar-refractivity contribution in [3.8, 4) is 0 Å². The van der Waals surface area contributed by atoms with Gasteiger partial charge < -0.3 is 14.2 Å². The molecule has 0 bridgehead atoms. The van der Waals surface area contributed by atoms with Crippen molar-refractivity contribution in [3.05, 3.63) is 32.8 Å². The molecule has 0 unspecified atom stereocenters. The highest BCUT2D eigenvalue weighted by molar-refractivity contribution is 7.07. The van der Waals surface area contributed by atoms with E-state index in [1.165, 1.54) is 5.56 Å². The number of nitrogens with zero attached hydrogens (tertiary/aromatic N) is 3. The van der Waals surface area contributed by atoms with Crippen molar-refractivity contribution in [1.29, 1.82) is 0 Å². The summed E-state index contributed by atoms with van der Waals surface area (Å²) in [7, 11) is 0. The molecule has 6 nitrogen and oxygen atoms in total. The fourth-order valence-corrected chi connectivity index (χ4v) is 2.02. The molecule has 0 saturated heterocycles. The highest BCUT2D eigenvalue weighted by Gasteiger charge is 1.94. The molecule has 7 heteroatoms. The Labute approximate surface area is 116 Å². The summed E-state index contributed by atoms with van der Waals surface area (Å²) < 4.78 is 16.0. The maximum absolute atomic E-state index is 8.03.